The summed E-state index contributed by atoms with van der Waals surface area (Å²) in [7, 11) is 0. The number of amides is 2. The fraction of sp³-hybridized carbons (Fsp3) is 0.100. The molecule has 192 valence electrons. The van der Waals surface area contributed by atoms with Crippen molar-refractivity contribution in [3.05, 3.63) is 134 Å². The standard InChI is InChI=1S/C30H18ClFN2O5/c31-18-9-7-17(8-10-18)15-33-23-6-2-1-5-22(23)30(29(33)37)25-26(35)21-14-19(32)11-12-24(21)39-27(25)28(36)34(30)16-20-4-3-13-38-20/h1-14H,15-16H2. The third kappa shape index (κ3) is 3.25. The number of anilines is 1. The van der Waals surface area contributed by atoms with Crippen LogP contribution in [-0.2, 0) is 23.4 Å². The molecule has 1 unspecified atom stereocenters. The van der Waals surface area contributed by atoms with E-state index in [9.17, 15) is 18.8 Å². The highest BCUT2D eigenvalue weighted by atomic mass is 35.5. The maximum absolute atomic E-state index is 14.7. The molecular formula is C30H18ClFN2O5. The summed E-state index contributed by atoms with van der Waals surface area (Å²) >= 11 is 6.07. The number of carbonyl (C=O) groups excluding carboxylic acids is 2. The van der Waals surface area contributed by atoms with Crippen molar-refractivity contribution >= 4 is 40.1 Å². The Morgan fingerprint density at radius 1 is 0.897 bits per heavy atom. The molecule has 0 fully saturated rings. The number of para-hydroxylation sites is 1. The van der Waals surface area contributed by atoms with Crippen LogP contribution in [0, 0.1) is 5.82 Å². The lowest BCUT2D eigenvalue weighted by molar-refractivity contribution is -0.126. The third-order valence-electron chi connectivity index (χ3n) is 7.35. The molecule has 7 nitrogen and oxygen atoms in total. The van der Waals surface area contributed by atoms with E-state index in [0.29, 0.717) is 22.0 Å². The molecule has 0 aliphatic carbocycles. The molecule has 0 radical (unpaired) electrons. The molecule has 0 saturated heterocycles. The van der Waals surface area contributed by atoms with Crippen molar-refractivity contribution in [1.29, 1.82) is 0 Å². The Balaban J connectivity index is 1.52. The van der Waals surface area contributed by atoms with E-state index in [-0.39, 0.29) is 35.4 Å². The van der Waals surface area contributed by atoms with Gasteiger partial charge in [0, 0.05) is 10.6 Å². The van der Waals surface area contributed by atoms with Crippen LogP contribution in [0.1, 0.15) is 33.0 Å². The van der Waals surface area contributed by atoms with Crippen molar-refractivity contribution in [3.8, 4) is 0 Å². The largest absolute Gasteiger partial charge is 0.467 e. The summed E-state index contributed by atoms with van der Waals surface area (Å²) in [5.74, 6) is -1.60. The van der Waals surface area contributed by atoms with Gasteiger partial charge in [0.2, 0.25) is 5.76 Å². The first-order valence-corrected chi connectivity index (χ1v) is 12.5. The van der Waals surface area contributed by atoms with Crippen LogP contribution in [0.4, 0.5) is 10.1 Å². The summed E-state index contributed by atoms with van der Waals surface area (Å²) in [4.78, 5) is 45.6. The monoisotopic (exact) mass is 540 g/mol. The molecule has 1 spiro atoms. The molecule has 5 aromatic rings. The molecule has 0 N–H and O–H groups in total. The van der Waals surface area contributed by atoms with Gasteiger partial charge in [-0.3, -0.25) is 14.4 Å². The van der Waals surface area contributed by atoms with Crippen LogP contribution in [0.15, 0.2) is 98.8 Å². The number of carbonyl (C=O) groups is 2. The topological polar surface area (TPSA) is 84.0 Å². The van der Waals surface area contributed by atoms with Crippen LogP contribution in [0.3, 0.4) is 0 Å². The molecule has 3 aromatic carbocycles. The summed E-state index contributed by atoms with van der Waals surface area (Å²) in [5, 5.41) is 0.502. The van der Waals surface area contributed by atoms with Crippen LogP contribution < -0.4 is 10.3 Å². The van der Waals surface area contributed by atoms with Crippen molar-refractivity contribution < 1.29 is 22.8 Å². The average molecular weight is 541 g/mol. The van der Waals surface area contributed by atoms with E-state index in [4.69, 9.17) is 20.4 Å². The fourth-order valence-corrected chi connectivity index (χ4v) is 5.80. The van der Waals surface area contributed by atoms with Gasteiger partial charge in [-0.05, 0) is 54.1 Å². The lowest BCUT2D eigenvalue weighted by Gasteiger charge is -2.33. The molecule has 4 heterocycles. The summed E-state index contributed by atoms with van der Waals surface area (Å²) in [6, 6.07) is 21.0. The van der Waals surface area contributed by atoms with Crippen LogP contribution in [0.2, 0.25) is 5.02 Å². The van der Waals surface area contributed by atoms with E-state index >= 15 is 0 Å². The summed E-state index contributed by atoms with van der Waals surface area (Å²) < 4.78 is 25.7. The predicted octanol–water partition coefficient (Wildman–Crippen LogP) is 5.62. The number of hydrogen-bond acceptors (Lipinski definition) is 5. The number of halogens is 2. The quantitative estimate of drug-likeness (QED) is 0.295. The third-order valence-corrected chi connectivity index (χ3v) is 7.60. The van der Waals surface area contributed by atoms with Gasteiger partial charge in [-0.2, -0.15) is 0 Å². The summed E-state index contributed by atoms with van der Waals surface area (Å²) in [5.41, 5.74) is -0.768. The van der Waals surface area contributed by atoms with Crippen LogP contribution >= 0.6 is 11.6 Å². The molecule has 7 rings (SSSR count). The minimum atomic E-state index is -1.84. The number of rotatable bonds is 4. The van der Waals surface area contributed by atoms with Gasteiger partial charge in [-0.1, -0.05) is 41.9 Å². The second-order valence-electron chi connectivity index (χ2n) is 9.49. The van der Waals surface area contributed by atoms with Gasteiger partial charge in [0.25, 0.3) is 11.8 Å². The average Bonchev–Trinajstić information content (AvgIpc) is 3.60. The Bertz CT molecular complexity index is 1870. The first kappa shape index (κ1) is 23.4. The zero-order valence-electron chi connectivity index (χ0n) is 20.2. The molecule has 2 aliphatic heterocycles. The molecule has 9 heteroatoms. The molecule has 2 aliphatic rings. The Labute approximate surface area is 225 Å². The van der Waals surface area contributed by atoms with Gasteiger partial charge in [-0.15, -0.1) is 0 Å². The van der Waals surface area contributed by atoms with Crippen molar-refractivity contribution in [1.82, 2.24) is 4.90 Å². The van der Waals surface area contributed by atoms with Crippen molar-refractivity contribution in [2.24, 2.45) is 0 Å². The van der Waals surface area contributed by atoms with Crippen molar-refractivity contribution in [3.63, 3.8) is 0 Å². The predicted molar refractivity (Wildman–Crippen MR) is 141 cm³/mol. The number of furan rings is 1. The lowest BCUT2D eigenvalue weighted by atomic mass is 9.84. The molecule has 1 atom stereocenters. The first-order valence-electron chi connectivity index (χ1n) is 12.2. The van der Waals surface area contributed by atoms with Crippen LogP contribution in [0.5, 0.6) is 0 Å². The van der Waals surface area contributed by atoms with E-state index in [1.807, 2.05) is 12.1 Å². The van der Waals surface area contributed by atoms with E-state index in [0.717, 1.165) is 17.7 Å². The molecule has 39 heavy (non-hydrogen) atoms. The SMILES string of the molecule is O=C1c2oc3ccc(F)cc3c(=O)c2C2(C(=O)N(Cc3ccc(Cl)cc3)c3ccccc32)N1Cc1ccco1. The first-order chi connectivity index (χ1) is 18.9. The van der Waals surface area contributed by atoms with Gasteiger partial charge in [0.1, 0.15) is 17.2 Å². The summed E-state index contributed by atoms with van der Waals surface area (Å²) in [6.45, 7) is 0.0649. The zero-order valence-corrected chi connectivity index (χ0v) is 20.9. The van der Waals surface area contributed by atoms with Crippen molar-refractivity contribution in [2.45, 2.75) is 18.6 Å². The van der Waals surface area contributed by atoms with Crippen LogP contribution in [0.25, 0.3) is 11.0 Å². The maximum Gasteiger partial charge on any atom is 0.291 e. The second kappa shape index (κ2) is 8.41. The maximum atomic E-state index is 14.7. The highest BCUT2D eigenvalue weighted by molar-refractivity contribution is 6.30. The van der Waals surface area contributed by atoms with Gasteiger partial charge in [-0.25, -0.2) is 4.39 Å². The second-order valence-corrected chi connectivity index (χ2v) is 9.93. The number of nitrogens with zero attached hydrogens (tertiary/aromatic N) is 2. The van der Waals surface area contributed by atoms with Gasteiger partial charge < -0.3 is 18.6 Å². The number of hydrogen-bond donors (Lipinski definition) is 0. The number of benzene rings is 3. The fourth-order valence-electron chi connectivity index (χ4n) is 5.67. The van der Waals surface area contributed by atoms with Gasteiger partial charge >= 0.3 is 0 Å². The van der Waals surface area contributed by atoms with Gasteiger partial charge in [0.15, 0.2) is 11.0 Å². The minimum Gasteiger partial charge on any atom is -0.467 e. The Morgan fingerprint density at radius 3 is 2.46 bits per heavy atom. The van der Waals surface area contributed by atoms with Crippen LogP contribution in [-0.4, -0.2) is 16.7 Å². The summed E-state index contributed by atoms with van der Waals surface area (Å²) in [6.07, 6.45) is 1.47. The van der Waals surface area contributed by atoms with Crippen molar-refractivity contribution in [2.75, 3.05) is 4.90 Å². The number of fused-ring (bicyclic) bond motifs is 5. The molecule has 0 saturated carbocycles. The Kier molecular flexibility index (Phi) is 5.05. The minimum absolute atomic E-state index is 0.0535. The van der Waals surface area contributed by atoms with E-state index < -0.39 is 28.6 Å². The highest BCUT2D eigenvalue weighted by Crippen LogP contribution is 2.53. The molecular weight excluding hydrogens is 523 g/mol. The smallest absolute Gasteiger partial charge is 0.291 e. The normalized spacial score (nSPS) is 17.9. The zero-order chi connectivity index (χ0) is 26.9. The van der Waals surface area contributed by atoms with E-state index in [1.54, 1.807) is 53.4 Å². The molecule has 2 aromatic heterocycles. The van der Waals surface area contributed by atoms with E-state index in [1.165, 1.54) is 17.2 Å². The Morgan fingerprint density at radius 2 is 1.69 bits per heavy atom. The van der Waals surface area contributed by atoms with Gasteiger partial charge in [0.05, 0.1) is 36.0 Å². The Hall–Kier alpha value is -4.69. The van der Waals surface area contributed by atoms with E-state index in [2.05, 4.69) is 0 Å². The molecule has 0 bridgehead atoms. The molecule has 2 amide bonds. The highest BCUT2D eigenvalue weighted by Gasteiger charge is 2.65. The lowest BCUT2D eigenvalue weighted by Crippen LogP contribution is -2.52.